The highest BCUT2D eigenvalue weighted by Gasteiger charge is 2.34. The molecule has 0 aromatic heterocycles. The molecule has 1 amide bonds. The van der Waals surface area contributed by atoms with Gasteiger partial charge in [0, 0.05) is 0 Å². The van der Waals surface area contributed by atoms with Gasteiger partial charge < -0.3 is 4.74 Å². The van der Waals surface area contributed by atoms with Gasteiger partial charge in [-0.1, -0.05) is 13.0 Å². The van der Waals surface area contributed by atoms with Gasteiger partial charge in [-0.05, 0) is 51.0 Å². The molecule has 1 aromatic rings. The Labute approximate surface area is 132 Å². The van der Waals surface area contributed by atoms with Crippen molar-refractivity contribution in [2.24, 2.45) is 0 Å². The lowest BCUT2D eigenvalue weighted by Gasteiger charge is -2.27. The van der Waals surface area contributed by atoms with Gasteiger partial charge in [-0.3, -0.25) is 4.90 Å². The standard InChI is InChI=1S/C16H23NO4S/c1-6-22(19,20)13-7-8-14-11(2)17(10-12(14)9-13)15(18)21-16(3,4)5/h7-9,11H,6,10H2,1-5H3. The number of hydrogen-bond acceptors (Lipinski definition) is 4. The number of ether oxygens (including phenoxy) is 1. The van der Waals surface area contributed by atoms with Crippen molar-refractivity contribution in [1.82, 2.24) is 4.90 Å². The molecule has 0 aliphatic carbocycles. The lowest BCUT2D eigenvalue weighted by molar-refractivity contribution is 0.0187. The van der Waals surface area contributed by atoms with E-state index < -0.39 is 15.4 Å². The van der Waals surface area contributed by atoms with Gasteiger partial charge in [-0.25, -0.2) is 13.2 Å². The molecule has 0 saturated carbocycles. The molecular formula is C16H23NO4S. The van der Waals surface area contributed by atoms with E-state index in [2.05, 4.69) is 0 Å². The second-order valence-corrected chi connectivity index (χ2v) is 8.83. The summed E-state index contributed by atoms with van der Waals surface area (Å²) in [6.45, 7) is 9.39. The predicted molar refractivity (Wildman–Crippen MR) is 84.4 cm³/mol. The van der Waals surface area contributed by atoms with E-state index in [1.807, 2.05) is 27.7 Å². The highest BCUT2D eigenvalue weighted by molar-refractivity contribution is 7.91. The van der Waals surface area contributed by atoms with Crippen LogP contribution in [0.25, 0.3) is 0 Å². The molecule has 5 nitrogen and oxygen atoms in total. The highest BCUT2D eigenvalue weighted by Crippen LogP contribution is 2.35. The molecule has 1 aliphatic heterocycles. The Hall–Kier alpha value is -1.56. The zero-order chi connectivity index (χ0) is 16.7. The van der Waals surface area contributed by atoms with Crippen LogP contribution >= 0.6 is 0 Å². The number of carbonyl (C=O) groups excluding carboxylic acids is 1. The van der Waals surface area contributed by atoms with Crippen LogP contribution < -0.4 is 0 Å². The average Bonchev–Trinajstić information content (AvgIpc) is 2.74. The smallest absolute Gasteiger partial charge is 0.411 e. The summed E-state index contributed by atoms with van der Waals surface area (Å²) in [5.41, 5.74) is 1.29. The van der Waals surface area contributed by atoms with Crippen molar-refractivity contribution >= 4 is 15.9 Å². The lowest BCUT2D eigenvalue weighted by atomic mass is 10.1. The molecular weight excluding hydrogens is 302 g/mol. The third-order valence-electron chi connectivity index (χ3n) is 3.74. The Morgan fingerprint density at radius 2 is 2.00 bits per heavy atom. The van der Waals surface area contributed by atoms with E-state index in [0.29, 0.717) is 11.4 Å². The van der Waals surface area contributed by atoms with Crippen molar-refractivity contribution in [3.8, 4) is 0 Å². The maximum absolute atomic E-state index is 12.3. The molecule has 1 unspecified atom stereocenters. The Morgan fingerprint density at radius 3 is 2.55 bits per heavy atom. The van der Waals surface area contributed by atoms with E-state index in [0.717, 1.165) is 11.1 Å². The number of nitrogens with zero attached hydrogens (tertiary/aromatic N) is 1. The Balaban J connectivity index is 2.28. The minimum absolute atomic E-state index is 0.0666. The fourth-order valence-electron chi connectivity index (χ4n) is 2.52. The summed E-state index contributed by atoms with van der Waals surface area (Å²) in [6, 6.07) is 4.97. The molecule has 1 aliphatic rings. The quantitative estimate of drug-likeness (QED) is 0.837. The number of amides is 1. The van der Waals surface area contributed by atoms with Crippen molar-refractivity contribution in [1.29, 1.82) is 0 Å². The van der Waals surface area contributed by atoms with Crippen molar-refractivity contribution in [2.45, 2.75) is 57.7 Å². The molecule has 0 N–H and O–H groups in total. The van der Waals surface area contributed by atoms with Gasteiger partial charge in [-0.15, -0.1) is 0 Å². The first-order valence-corrected chi connectivity index (χ1v) is 9.05. The molecule has 122 valence electrons. The first kappa shape index (κ1) is 16.8. The molecule has 2 rings (SSSR count). The fraction of sp³-hybridized carbons (Fsp3) is 0.562. The van der Waals surface area contributed by atoms with E-state index in [1.165, 1.54) is 0 Å². The lowest BCUT2D eigenvalue weighted by Crippen LogP contribution is -2.34. The molecule has 1 atom stereocenters. The van der Waals surface area contributed by atoms with Crippen LogP contribution in [0.5, 0.6) is 0 Å². The topological polar surface area (TPSA) is 63.7 Å². The van der Waals surface area contributed by atoms with Gasteiger partial charge >= 0.3 is 6.09 Å². The second-order valence-electron chi connectivity index (χ2n) is 6.55. The van der Waals surface area contributed by atoms with Gasteiger partial charge in [0.25, 0.3) is 0 Å². The fourth-order valence-corrected chi connectivity index (χ4v) is 3.45. The number of fused-ring (bicyclic) bond motifs is 1. The number of hydrogen-bond donors (Lipinski definition) is 0. The molecule has 0 spiro atoms. The zero-order valence-corrected chi connectivity index (χ0v) is 14.5. The van der Waals surface area contributed by atoms with Crippen molar-refractivity contribution < 1.29 is 17.9 Å². The van der Waals surface area contributed by atoms with Gasteiger partial charge in [0.1, 0.15) is 5.60 Å². The Bertz CT molecular complexity index is 689. The van der Waals surface area contributed by atoms with Crippen LogP contribution in [-0.2, 0) is 21.1 Å². The van der Waals surface area contributed by atoms with Gasteiger partial charge in [0.15, 0.2) is 9.84 Å². The Kier molecular flexibility index (Phi) is 4.26. The largest absolute Gasteiger partial charge is 0.444 e. The molecule has 0 saturated heterocycles. The third kappa shape index (κ3) is 3.27. The van der Waals surface area contributed by atoms with E-state index in [9.17, 15) is 13.2 Å². The van der Waals surface area contributed by atoms with Crippen LogP contribution in [0, 0.1) is 0 Å². The van der Waals surface area contributed by atoms with Crippen molar-refractivity contribution in [2.75, 3.05) is 5.75 Å². The summed E-state index contributed by atoms with van der Waals surface area (Å²) in [6.07, 6.45) is -0.379. The van der Waals surface area contributed by atoms with E-state index in [4.69, 9.17) is 4.74 Å². The number of sulfone groups is 1. The monoisotopic (exact) mass is 325 g/mol. The zero-order valence-electron chi connectivity index (χ0n) is 13.7. The molecule has 1 heterocycles. The van der Waals surface area contributed by atoms with Crippen LogP contribution in [0.2, 0.25) is 0 Å². The van der Waals surface area contributed by atoms with Crippen LogP contribution in [0.4, 0.5) is 4.79 Å². The summed E-state index contributed by atoms with van der Waals surface area (Å²) < 4.78 is 29.4. The molecule has 0 bridgehead atoms. The summed E-state index contributed by atoms with van der Waals surface area (Å²) in [5, 5.41) is 0. The van der Waals surface area contributed by atoms with Crippen molar-refractivity contribution in [3.05, 3.63) is 29.3 Å². The molecule has 22 heavy (non-hydrogen) atoms. The highest BCUT2D eigenvalue weighted by atomic mass is 32.2. The minimum atomic E-state index is -3.24. The second kappa shape index (κ2) is 5.57. The van der Waals surface area contributed by atoms with Gasteiger partial charge in [0.05, 0.1) is 23.2 Å². The average molecular weight is 325 g/mol. The summed E-state index contributed by atoms with van der Waals surface area (Å²) in [7, 11) is -3.24. The first-order valence-electron chi connectivity index (χ1n) is 7.40. The van der Waals surface area contributed by atoms with Crippen LogP contribution in [-0.4, -0.2) is 30.8 Å². The van der Waals surface area contributed by atoms with Gasteiger partial charge in [-0.2, -0.15) is 0 Å². The van der Waals surface area contributed by atoms with Crippen LogP contribution in [0.1, 0.15) is 51.8 Å². The van der Waals surface area contributed by atoms with Crippen LogP contribution in [0.3, 0.4) is 0 Å². The molecule has 0 radical (unpaired) electrons. The van der Waals surface area contributed by atoms with Gasteiger partial charge in [0.2, 0.25) is 0 Å². The third-order valence-corrected chi connectivity index (χ3v) is 5.47. The van der Waals surface area contributed by atoms with E-state index in [-0.39, 0.29) is 17.9 Å². The molecule has 0 fully saturated rings. The Morgan fingerprint density at radius 1 is 1.36 bits per heavy atom. The number of rotatable bonds is 2. The molecule has 6 heteroatoms. The van der Waals surface area contributed by atoms with Crippen molar-refractivity contribution in [3.63, 3.8) is 0 Å². The summed E-state index contributed by atoms with van der Waals surface area (Å²) >= 11 is 0. The van der Waals surface area contributed by atoms with Crippen LogP contribution in [0.15, 0.2) is 23.1 Å². The number of carbonyl (C=O) groups is 1. The number of benzene rings is 1. The van der Waals surface area contributed by atoms with E-state index in [1.54, 1.807) is 30.0 Å². The molecule has 1 aromatic carbocycles. The summed E-state index contributed by atoms with van der Waals surface area (Å²) in [4.78, 5) is 14.2. The predicted octanol–water partition coefficient (Wildman–Crippen LogP) is 3.29. The van der Waals surface area contributed by atoms with E-state index >= 15 is 0 Å². The maximum Gasteiger partial charge on any atom is 0.411 e. The SMILES string of the molecule is CCS(=O)(=O)c1ccc2c(c1)CN(C(=O)OC(C)(C)C)C2C. The summed E-state index contributed by atoms with van der Waals surface area (Å²) in [5.74, 6) is 0.0666. The minimum Gasteiger partial charge on any atom is -0.444 e. The normalized spacial score (nSPS) is 18.2. The first-order chi connectivity index (χ1) is 10.0. The maximum atomic E-state index is 12.3.